The molecule has 0 saturated carbocycles. The summed E-state index contributed by atoms with van der Waals surface area (Å²) in [6.07, 6.45) is -5.56. The average molecular weight is 538 g/mol. The molecule has 0 bridgehead atoms. The second-order valence-corrected chi connectivity index (χ2v) is 13.1. The van der Waals surface area contributed by atoms with Crippen molar-refractivity contribution in [1.29, 1.82) is 0 Å². The molecular weight excluding hydrogens is 509 g/mol. The van der Waals surface area contributed by atoms with Crippen molar-refractivity contribution >= 4 is 21.6 Å². The van der Waals surface area contributed by atoms with Crippen LogP contribution in [0.4, 0.5) is 23.7 Å². The molecule has 0 aromatic heterocycles. The van der Waals surface area contributed by atoms with Crippen LogP contribution < -0.4 is 14.7 Å². The van der Waals surface area contributed by atoms with E-state index in [4.69, 9.17) is 4.74 Å². The molecule has 5 rings (SSSR count). The van der Waals surface area contributed by atoms with Gasteiger partial charge in [-0.05, 0) is 52.8 Å². The number of likely N-dealkylation sites (tertiary alicyclic amines) is 1. The number of alkyl halides is 3. The van der Waals surface area contributed by atoms with E-state index in [0.717, 1.165) is 6.07 Å². The number of methoxy groups -OCH3 is 1. The molecule has 3 aliphatic heterocycles. The zero-order valence-electron chi connectivity index (χ0n) is 20.9. The zero-order valence-corrected chi connectivity index (χ0v) is 21.7. The summed E-state index contributed by atoms with van der Waals surface area (Å²) in [5.41, 5.74) is -0.348. The van der Waals surface area contributed by atoms with Crippen LogP contribution in [0, 0.1) is 5.41 Å². The number of ether oxygens (including phenoxy) is 1. The number of anilines is 1. The number of fused-ring (bicyclic) bond motifs is 3. The summed E-state index contributed by atoms with van der Waals surface area (Å²) in [4.78, 5) is 15.0. The lowest BCUT2D eigenvalue weighted by Crippen LogP contribution is -2.58. The molecule has 3 atom stereocenters. The Hall–Kier alpha value is -2.95. The molecule has 1 unspecified atom stereocenters. The predicted octanol–water partition coefficient (Wildman–Crippen LogP) is 3.90. The number of nitrogens with zero attached hydrogens (tertiary/aromatic N) is 2. The number of sulfone groups is 1. The van der Waals surface area contributed by atoms with Gasteiger partial charge in [0.15, 0.2) is 9.84 Å². The van der Waals surface area contributed by atoms with Crippen molar-refractivity contribution in [3.8, 4) is 16.9 Å². The highest BCUT2D eigenvalue weighted by Gasteiger charge is 2.53. The maximum absolute atomic E-state index is 14.1. The van der Waals surface area contributed by atoms with Crippen LogP contribution in [0.2, 0.25) is 0 Å². The first kappa shape index (κ1) is 25.7. The van der Waals surface area contributed by atoms with Crippen LogP contribution in [0.1, 0.15) is 44.2 Å². The Kier molecular flexibility index (Phi) is 5.75. The molecule has 37 heavy (non-hydrogen) atoms. The second-order valence-electron chi connectivity index (χ2n) is 11.1. The maximum Gasteiger partial charge on any atom is 0.417 e. The number of carboxylic acid groups (broad SMARTS) is 1. The molecule has 3 aliphatic rings. The molecule has 7 nitrogen and oxygen atoms in total. The number of benzene rings is 2. The van der Waals surface area contributed by atoms with Gasteiger partial charge in [-0.15, -0.1) is 0 Å². The molecule has 0 aliphatic carbocycles. The summed E-state index contributed by atoms with van der Waals surface area (Å²) in [5, 5.41) is 11.7. The summed E-state index contributed by atoms with van der Waals surface area (Å²) >= 11 is 0. The lowest BCUT2D eigenvalue weighted by molar-refractivity contribution is -0.266. The monoisotopic (exact) mass is 537 g/mol. The first-order valence-corrected chi connectivity index (χ1v) is 13.7. The van der Waals surface area contributed by atoms with Gasteiger partial charge in [0.25, 0.3) is 0 Å². The Morgan fingerprint density at radius 2 is 1.84 bits per heavy atom. The third-order valence-corrected chi connectivity index (χ3v) is 9.58. The summed E-state index contributed by atoms with van der Waals surface area (Å²) in [6, 6.07) is 5.98. The maximum atomic E-state index is 14.1. The standard InChI is InChI=1S/C26H29F3N2O5S/c1-25(2,3)22-13-37(34,35)21-10-14(16-6-5-15(36-4)11-19(16)26(27,28)29)9-17-18-12-30(24(32)33)8-7-20(18)31(22)23(17)21/h5-6,9-11,18,20,22H,7-8,12-13H2,1-4H3,(H,32,33)/p-1/t18-,20-,22?/m0/s1. The van der Waals surface area contributed by atoms with Gasteiger partial charge in [0, 0.05) is 31.1 Å². The van der Waals surface area contributed by atoms with Crippen LogP contribution >= 0.6 is 0 Å². The first-order chi connectivity index (χ1) is 17.1. The minimum Gasteiger partial charge on any atom is -0.530 e. The highest BCUT2D eigenvalue weighted by atomic mass is 32.2. The Morgan fingerprint density at radius 1 is 1.14 bits per heavy atom. The van der Waals surface area contributed by atoms with Crippen molar-refractivity contribution in [2.45, 2.75) is 56.3 Å². The van der Waals surface area contributed by atoms with Crippen LogP contribution in [0.5, 0.6) is 5.75 Å². The summed E-state index contributed by atoms with van der Waals surface area (Å²) in [5.74, 6) is -0.539. The predicted molar refractivity (Wildman–Crippen MR) is 129 cm³/mol. The largest absolute Gasteiger partial charge is 0.530 e. The fraction of sp³-hybridized carbons (Fsp3) is 0.500. The van der Waals surface area contributed by atoms with Gasteiger partial charge in [0.2, 0.25) is 0 Å². The minimum atomic E-state index is -4.71. The van der Waals surface area contributed by atoms with Crippen LogP contribution in [0.15, 0.2) is 35.2 Å². The van der Waals surface area contributed by atoms with Gasteiger partial charge in [-0.3, -0.25) is 0 Å². The van der Waals surface area contributed by atoms with Crippen molar-refractivity contribution in [1.82, 2.24) is 4.90 Å². The fourth-order valence-electron chi connectivity index (χ4n) is 6.06. The highest BCUT2D eigenvalue weighted by molar-refractivity contribution is 7.91. The topological polar surface area (TPSA) is 90.0 Å². The van der Waals surface area contributed by atoms with Crippen molar-refractivity contribution in [3.05, 3.63) is 41.5 Å². The van der Waals surface area contributed by atoms with Crippen molar-refractivity contribution in [2.75, 3.05) is 30.9 Å². The fourth-order valence-corrected chi connectivity index (χ4v) is 8.14. The molecule has 1 saturated heterocycles. The molecule has 2 aromatic carbocycles. The number of carbonyl (C=O) groups excluding carboxylic acids is 1. The molecule has 2 aromatic rings. The zero-order chi connectivity index (χ0) is 27.1. The molecular formula is C26H28F3N2O5S-. The van der Waals surface area contributed by atoms with E-state index in [2.05, 4.69) is 4.90 Å². The lowest BCUT2D eigenvalue weighted by Gasteiger charge is -2.48. The van der Waals surface area contributed by atoms with Gasteiger partial charge < -0.3 is 24.4 Å². The van der Waals surface area contributed by atoms with E-state index in [1.54, 1.807) is 6.07 Å². The number of piperidine rings is 1. The van der Waals surface area contributed by atoms with Gasteiger partial charge in [0.1, 0.15) is 11.8 Å². The van der Waals surface area contributed by atoms with Gasteiger partial charge in [-0.25, -0.2) is 8.42 Å². The molecule has 11 heteroatoms. The summed E-state index contributed by atoms with van der Waals surface area (Å²) in [6.45, 7) is 6.22. The van der Waals surface area contributed by atoms with Crippen LogP contribution in [-0.2, 0) is 16.0 Å². The summed E-state index contributed by atoms with van der Waals surface area (Å²) < 4.78 is 74.4. The van der Waals surface area contributed by atoms with Crippen LogP contribution in [-0.4, -0.2) is 57.4 Å². The minimum absolute atomic E-state index is 0.00107. The van der Waals surface area contributed by atoms with E-state index in [9.17, 15) is 31.5 Å². The summed E-state index contributed by atoms with van der Waals surface area (Å²) in [7, 11) is -2.57. The molecule has 1 amide bonds. The molecule has 3 heterocycles. The van der Waals surface area contributed by atoms with Gasteiger partial charge in [-0.1, -0.05) is 26.8 Å². The van der Waals surface area contributed by atoms with Gasteiger partial charge >= 0.3 is 6.18 Å². The Labute approximate surface area is 213 Å². The van der Waals surface area contributed by atoms with E-state index in [-0.39, 0.29) is 52.7 Å². The van der Waals surface area contributed by atoms with Crippen molar-refractivity contribution in [3.63, 3.8) is 0 Å². The second kappa shape index (κ2) is 8.28. The first-order valence-electron chi connectivity index (χ1n) is 12.0. The number of hydrogen-bond donors (Lipinski definition) is 0. The normalized spacial score (nSPS) is 24.5. The average Bonchev–Trinajstić information content (AvgIpc) is 3.13. The van der Waals surface area contributed by atoms with Gasteiger partial charge in [-0.2, -0.15) is 13.2 Å². The lowest BCUT2D eigenvalue weighted by atomic mass is 9.84. The van der Waals surface area contributed by atoms with Crippen LogP contribution in [0.25, 0.3) is 11.1 Å². The molecule has 1 fully saturated rings. The number of amides is 1. The van der Waals surface area contributed by atoms with Crippen molar-refractivity contribution in [2.24, 2.45) is 5.41 Å². The third-order valence-electron chi connectivity index (χ3n) is 7.84. The Bertz CT molecular complexity index is 1380. The molecule has 200 valence electrons. The molecule has 0 radical (unpaired) electrons. The molecule has 0 spiro atoms. The van der Waals surface area contributed by atoms with Crippen LogP contribution in [0.3, 0.4) is 0 Å². The van der Waals surface area contributed by atoms with E-state index in [1.165, 1.54) is 30.2 Å². The number of rotatable bonds is 2. The number of hydrogen-bond acceptors (Lipinski definition) is 6. The number of halogens is 3. The third kappa shape index (κ3) is 4.11. The highest BCUT2D eigenvalue weighted by Crippen LogP contribution is 2.55. The Balaban J connectivity index is 1.78. The SMILES string of the molecule is COc1ccc(-c2cc3c4c(c2)S(=O)(=O)CC(C(C)(C)C)N4[C@H]2CCN(C(=O)[O-])C[C@@H]32)c(C(F)(F)F)c1. The van der Waals surface area contributed by atoms with Crippen molar-refractivity contribution < 1.29 is 36.2 Å². The number of carbonyl (C=O) groups is 1. The Morgan fingerprint density at radius 3 is 2.43 bits per heavy atom. The van der Waals surface area contributed by atoms with Gasteiger partial charge in [0.05, 0.1) is 29.0 Å². The van der Waals surface area contributed by atoms with E-state index in [0.29, 0.717) is 17.7 Å². The molecule has 0 N–H and O–H groups in total. The van der Waals surface area contributed by atoms with E-state index in [1.807, 2.05) is 20.8 Å². The van der Waals surface area contributed by atoms with E-state index >= 15 is 0 Å². The van der Waals surface area contributed by atoms with E-state index < -0.39 is 39.0 Å². The quantitative estimate of drug-likeness (QED) is 0.577. The smallest absolute Gasteiger partial charge is 0.417 e.